The number of methoxy groups -OCH3 is 1. The van der Waals surface area contributed by atoms with Crippen LogP contribution in [-0.4, -0.2) is 30.1 Å². The zero-order valence-corrected chi connectivity index (χ0v) is 15.9. The van der Waals surface area contributed by atoms with E-state index in [1.165, 1.54) is 25.3 Å². The molecule has 1 aliphatic rings. The van der Waals surface area contributed by atoms with E-state index in [0.29, 0.717) is 12.2 Å². The highest BCUT2D eigenvalue weighted by atomic mass is 16.6. The number of nitro groups is 1. The molecule has 2 aromatic rings. The molecule has 0 aromatic heterocycles. The predicted octanol–water partition coefficient (Wildman–Crippen LogP) is 3.40. The number of nitro benzene ring substituents is 1. The standard InChI is InChI=1S/C20H22N2O6/c1-20(2)11-15(14-6-4-5-7-17(14)28-20)21-19(23)12-27-13-8-9-16(22(24)25)18(10-13)26-3/h4-10,15H,11-12H2,1-3H3,(H,21,23)/t15-/m0/s1. The highest BCUT2D eigenvalue weighted by Crippen LogP contribution is 2.39. The number of carbonyl (C=O) groups is 1. The third-order valence-corrected chi connectivity index (χ3v) is 4.43. The minimum atomic E-state index is -0.542. The molecule has 1 atom stereocenters. The maximum absolute atomic E-state index is 12.4. The van der Waals surface area contributed by atoms with Crippen molar-refractivity contribution in [1.82, 2.24) is 5.32 Å². The van der Waals surface area contributed by atoms with Crippen molar-refractivity contribution in [2.45, 2.75) is 31.9 Å². The van der Waals surface area contributed by atoms with Gasteiger partial charge in [0, 0.05) is 24.1 Å². The van der Waals surface area contributed by atoms with Crippen LogP contribution in [0.1, 0.15) is 31.9 Å². The average molecular weight is 386 g/mol. The van der Waals surface area contributed by atoms with Gasteiger partial charge in [0.2, 0.25) is 5.75 Å². The van der Waals surface area contributed by atoms with Crippen molar-refractivity contribution < 1.29 is 23.9 Å². The summed E-state index contributed by atoms with van der Waals surface area (Å²) in [6, 6.07) is 11.5. The summed E-state index contributed by atoms with van der Waals surface area (Å²) in [4.78, 5) is 22.8. The first-order chi connectivity index (χ1) is 13.3. The molecule has 1 N–H and O–H groups in total. The topological polar surface area (TPSA) is 99.9 Å². The molecule has 8 heteroatoms. The number of benzene rings is 2. The van der Waals surface area contributed by atoms with Gasteiger partial charge in [-0.2, -0.15) is 0 Å². The predicted molar refractivity (Wildman–Crippen MR) is 102 cm³/mol. The van der Waals surface area contributed by atoms with Crippen LogP contribution in [0.25, 0.3) is 0 Å². The summed E-state index contributed by atoms with van der Waals surface area (Å²) in [6.45, 7) is 3.73. The van der Waals surface area contributed by atoms with E-state index in [0.717, 1.165) is 11.3 Å². The molecule has 0 saturated heterocycles. The molecule has 148 valence electrons. The van der Waals surface area contributed by atoms with Gasteiger partial charge in [0.1, 0.15) is 17.1 Å². The Bertz CT molecular complexity index is 896. The Morgan fingerprint density at radius 1 is 1.32 bits per heavy atom. The number of amides is 1. The zero-order chi connectivity index (χ0) is 20.3. The van der Waals surface area contributed by atoms with Crippen LogP contribution < -0.4 is 19.5 Å². The smallest absolute Gasteiger partial charge is 0.311 e. The monoisotopic (exact) mass is 386 g/mol. The third-order valence-electron chi connectivity index (χ3n) is 4.43. The highest BCUT2D eigenvalue weighted by molar-refractivity contribution is 5.78. The van der Waals surface area contributed by atoms with Gasteiger partial charge in [0.25, 0.3) is 5.91 Å². The summed E-state index contributed by atoms with van der Waals surface area (Å²) in [7, 11) is 1.34. The Labute approximate surface area is 162 Å². The van der Waals surface area contributed by atoms with Crippen LogP contribution in [0.15, 0.2) is 42.5 Å². The number of para-hydroxylation sites is 1. The molecule has 0 saturated carbocycles. The molecule has 0 unspecified atom stereocenters. The lowest BCUT2D eigenvalue weighted by Gasteiger charge is -2.37. The van der Waals surface area contributed by atoms with Gasteiger partial charge in [-0.25, -0.2) is 0 Å². The summed E-state index contributed by atoms with van der Waals surface area (Å²) in [5.41, 5.74) is 0.353. The van der Waals surface area contributed by atoms with Gasteiger partial charge in [0.05, 0.1) is 18.1 Å². The molecule has 0 radical (unpaired) electrons. The van der Waals surface area contributed by atoms with E-state index in [1.807, 2.05) is 38.1 Å². The van der Waals surface area contributed by atoms with Crippen molar-refractivity contribution in [2.75, 3.05) is 13.7 Å². The van der Waals surface area contributed by atoms with E-state index >= 15 is 0 Å². The van der Waals surface area contributed by atoms with Gasteiger partial charge in [-0.05, 0) is 26.0 Å². The minimum absolute atomic E-state index is 0.0722. The Morgan fingerprint density at radius 3 is 2.79 bits per heavy atom. The van der Waals surface area contributed by atoms with Crippen molar-refractivity contribution in [3.8, 4) is 17.2 Å². The lowest BCUT2D eigenvalue weighted by molar-refractivity contribution is -0.385. The van der Waals surface area contributed by atoms with E-state index in [2.05, 4.69) is 5.32 Å². The maximum Gasteiger partial charge on any atom is 0.311 e. The van der Waals surface area contributed by atoms with E-state index in [4.69, 9.17) is 14.2 Å². The van der Waals surface area contributed by atoms with Crippen LogP contribution in [0.2, 0.25) is 0 Å². The molecule has 8 nitrogen and oxygen atoms in total. The number of nitrogens with one attached hydrogen (secondary N) is 1. The Balaban J connectivity index is 1.66. The fourth-order valence-corrected chi connectivity index (χ4v) is 3.21. The molecule has 3 rings (SSSR count). The quantitative estimate of drug-likeness (QED) is 0.603. The van der Waals surface area contributed by atoms with Crippen LogP contribution in [-0.2, 0) is 4.79 Å². The molecule has 28 heavy (non-hydrogen) atoms. The molecular formula is C20H22N2O6. The van der Waals surface area contributed by atoms with Crippen molar-refractivity contribution in [3.63, 3.8) is 0 Å². The van der Waals surface area contributed by atoms with Crippen LogP contribution in [0, 0.1) is 10.1 Å². The number of carbonyl (C=O) groups excluding carboxylic acids is 1. The van der Waals surface area contributed by atoms with Crippen molar-refractivity contribution in [2.24, 2.45) is 0 Å². The molecule has 0 spiro atoms. The summed E-state index contributed by atoms with van der Waals surface area (Å²) >= 11 is 0. The zero-order valence-electron chi connectivity index (χ0n) is 15.9. The van der Waals surface area contributed by atoms with Crippen molar-refractivity contribution in [1.29, 1.82) is 0 Å². The second kappa shape index (κ2) is 7.75. The maximum atomic E-state index is 12.4. The summed E-state index contributed by atoms with van der Waals surface area (Å²) in [5.74, 6) is 0.841. The first kappa shape index (κ1) is 19.5. The lowest BCUT2D eigenvalue weighted by Crippen LogP contribution is -2.42. The van der Waals surface area contributed by atoms with Gasteiger partial charge in [0.15, 0.2) is 6.61 Å². The fraction of sp³-hybridized carbons (Fsp3) is 0.350. The van der Waals surface area contributed by atoms with E-state index < -0.39 is 10.5 Å². The van der Waals surface area contributed by atoms with Crippen LogP contribution in [0.5, 0.6) is 17.2 Å². The van der Waals surface area contributed by atoms with E-state index in [9.17, 15) is 14.9 Å². The highest BCUT2D eigenvalue weighted by Gasteiger charge is 2.34. The molecule has 0 fully saturated rings. The first-order valence-electron chi connectivity index (χ1n) is 8.81. The summed E-state index contributed by atoms with van der Waals surface area (Å²) in [5, 5.41) is 13.9. The van der Waals surface area contributed by atoms with Crippen molar-refractivity contribution >= 4 is 11.6 Å². The van der Waals surface area contributed by atoms with Gasteiger partial charge in [-0.1, -0.05) is 18.2 Å². The number of hydrogen-bond donors (Lipinski definition) is 1. The molecule has 0 aliphatic carbocycles. The number of ether oxygens (including phenoxy) is 3. The van der Waals surface area contributed by atoms with Gasteiger partial charge in [-0.3, -0.25) is 14.9 Å². The van der Waals surface area contributed by atoms with E-state index in [1.54, 1.807) is 0 Å². The Morgan fingerprint density at radius 2 is 2.07 bits per heavy atom. The number of hydrogen-bond acceptors (Lipinski definition) is 6. The van der Waals surface area contributed by atoms with Crippen LogP contribution in [0.4, 0.5) is 5.69 Å². The van der Waals surface area contributed by atoms with Gasteiger partial charge < -0.3 is 19.5 Å². The van der Waals surface area contributed by atoms with Gasteiger partial charge >= 0.3 is 5.69 Å². The molecule has 1 heterocycles. The second-order valence-corrected chi connectivity index (χ2v) is 7.10. The fourth-order valence-electron chi connectivity index (χ4n) is 3.21. The molecule has 2 aromatic carbocycles. The number of rotatable bonds is 6. The van der Waals surface area contributed by atoms with Gasteiger partial charge in [-0.15, -0.1) is 0 Å². The van der Waals surface area contributed by atoms with Crippen molar-refractivity contribution in [3.05, 3.63) is 58.1 Å². The number of fused-ring (bicyclic) bond motifs is 1. The molecule has 1 aliphatic heterocycles. The molecule has 0 bridgehead atoms. The Kier molecular flexibility index (Phi) is 5.39. The van der Waals surface area contributed by atoms with Crippen LogP contribution in [0.3, 0.4) is 0 Å². The summed E-state index contributed by atoms with van der Waals surface area (Å²) < 4.78 is 16.4. The lowest BCUT2D eigenvalue weighted by atomic mass is 9.90. The SMILES string of the molecule is COc1cc(OCC(=O)N[C@H]2CC(C)(C)Oc3ccccc32)ccc1[N+](=O)[O-]. The van der Waals surface area contributed by atoms with Crippen LogP contribution >= 0.6 is 0 Å². The summed E-state index contributed by atoms with van der Waals surface area (Å²) in [6.07, 6.45) is 0.626. The molecular weight excluding hydrogens is 364 g/mol. The third kappa shape index (κ3) is 4.33. The first-order valence-corrected chi connectivity index (χ1v) is 8.81. The second-order valence-electron chi connectivity index (χ2n) is 7.10. The molecule has 1 amide bonds. The average Bonchev–Trinajstić information content (AvgIpc) is 2.65. The number of nitrogens with zero attached hydrogens (tertiary/aromatic N) is 1. The Hall–Kier alpha value is -3.29. The van der Waals surface area contributed by atoms with E-state index in [-0.39, 0.29) is 30.0 Å². The normalized spacial score (nSPS) is 17.0. The minimum Gasteiger partial charge on any atom is -0.490 e. The largest absolute Gasteiger partial charge is 0.490 e.